The number of nitrogens with one attached hydrogen (secondary N) is 2. The van der Waals surface area contributed by atoms with E-state index in [2.05, 4.69) is 36.4 Å². The van der Waals surface area contributed by atoms with Crippen molar-refractivity contribution in [3.63, 3.8) is 0 Å². The zero-order chi connectivity index (χ0) is 18.7. The summed E-state index contributed by atoms with van der Waals surface area (Å²) in [7, 11) is 3.59. The maximum absolute atomic E-state index is 11.8. The average Bonchev–Trinajstić information content (AvgIpc) is 2.60. The molecule has 0 bridgehead atoms. The SMILES string of the molecule is CCOC(=O)C1CCC(NC(=NC)NC2CC(C)(OC)C2(C)C)CC1.I. The van der Waals surface area contributed by atoms with Crippen molar-refractivity contribution in [2.24, 2.45) is 16.3 Å². The van der Waals surface area contributed by atoms with Crippen LogP contribution >= 0.6 is 24.0 Å². The summed E-state index contributed by atoms with van der Waals surface area (Å²) in [5, 5.41) is 7.08. The van der Waals surface area contributed by atoms with Crippen molar-refractivity contribution >= 4 is 35.9 Å². The molecule has 0 saturated heterocycles. The van der Waals surface area contributed by atoms with Crippen LogP contribution in [-0.4, -0.2) is 50.4 Å². The van der Waals surface area contributed by atoms with Crippen LogP contribution < -0.4 is 10.6 Å². The molecule has 2 unspecified atom stereocenters. The number of halogens is 1. The molecule has 0 radical (unpaired) electrons. The number of rotatable bonds is 5. The topological polar surface area (TPSA) is 72.0 Å². The average molecular weight is 481 g/mol. The van der Waals surface area contributed by atoms with Crippen LogP contribution in [0.25, 0.3) is 0 Å². The molecule has 7 heteroatoms. The molecule has 26 heavy (non-hydrogen) atoms. The lowest BCUT2D eigenvalue weighted by Gasteiger charge is -2.59. The summed E-state index contributed by atoms with van der Waals surface area (Å²) >= 11 is 0. The van der Waals surface area contributed by atoms with Gasteiger partial charge in [-0.2, -0.15) is 0 Å². The molecule has 2 atom stereocenters. The smallest absolute Gasteiger partial charge is 0.308 e. The van der Waals surface area contributed by atoms with Gasteiger partial charge in [0.1, 0.15) is 0 Å². The molecule has 2 fully saturated rings. The maximum Gasteiger partial charge on any atom is 0.308 e. The van der Waals surface area contributed by atoms with E-state index in [1.807, 2.05) is 6.92 Å². The Morgan fingerprint density at radius 2 is 1.77 bits per heavy atom. The van der Waals surface area contributed by atoms with Gasteiger partial charge in [-0.1, -0.05) is 13.8 Å². The fourth-order valence-electron chi connectivity index (χ4n) is 3.99. The Kier molecular flexibility index (Phi) is 8.64. The Morgan fingerprint density at radius 1 is 1.15 bits per heavy atom. The lowest BCUT2D eigenvalue weighted by molar-refractivity contribution is -0.176. The van der Waals surface area contributed by atoms with E-state index in [1.165, 1.54) is 0 Å². The molecule has 0 aromatic heterocycles. The van der Waals surface area contributed by atoms with Crippen molar-refractivity contribution < 1.29 is 14.3 Å². The Bertz CT molecular complexity index is 504. The van der Waals surface area contributed by atoms with Crippen LogP contribution in [0.4, 0.5) is 0 Å². The second kappa shape index (κ2) is 9.57. The Morgan fingerprint density at radius 3 is 2.23 bits per heavy atom. The second-order valence-electron chi connectivity index (χ2n) is 8.07. The van der Waals surface area contributed by atoms with Crippen LogP contribution in [0.3, 0.4) is 0 Å². The number of carbonyl (C=O) groups is 1. The van der Waals surface area contributed by atoms with E-state index in [4.69, 9.17) is 9.47 Å². The minimum Gasteiger partial charge on any atom is -0.466 e. The van der Waals surface area contributed by atoms with Crippen LogP contribution in [0.5, 0.6) is 0 Å². The molecule has 2 saturated carbocycles. The number of hydrogen-bond donors (Lipinski definition) is 2. The predicted octanol–water partition coefficient (Wildman–Crippen LogP) is 3.09. The van der Waals surface area contributed by atoms with Crippen molar-refractivity contribution in [1.82, 2.24) is 10.6 Å². The highest BCUT2D eigenvalue weighted by atomic mass is 127. The number of hydrogen-bond acceptors (Lipinski definition) is 4. The van der Waals surface area contributed by atoms with Gasteiger partial charge in [-0.25, -0.2) is 0 Å². The summed E-state index contributed by atoms with van der Waals surface area (Å²) in [6, 6.07) is 0.688. The maximum atomic E-state index is 11.8. The number of aliphatic imine (C=N–C) groups is 1. The van der Waals surface area contributed by atoms with E-state index in [1.54, 1.807) is 14.2 Å². The fourth-order valence-corrected chi connectivity index (χ4v) is 3.99. The highest BCUT2D eigenvalue weighted by Crippen LogP contribution is 2.51. The molecule has 2 N–H and O–H groups in total. The molecule has 0 spiro atoms. The largest absolute Gasteiger partial charge is 0.466 e. The van der Waals surface area contributed by atoms with Crippen LogP contribution in [0.2, 0.25) is 0 Å². The zero-order valence-electron chi connectivity index (χ0n) is 17.1. The predicted molar refractivity (Wildman–Crippen MR) is 115 cm³/mol. The first-order valence-corrected chi connectivity index (χ1v) is 9.49. The minimum atomic E-state index is -0.0960. The van der Waals surface area contributed by atoms with Crippen molar-refractivity contribution in [2.45, 2.75) is 77.5 Å². The number of nitrogens with zero attached hydrogens (tertiary/aromatic N) is 1. The van der Waals surface area contributed by atoms with Crippen molar-refractivity contribution in [3.8, 4) is 0 Å². The number of esters is 1. The summed E-state index contributed by atoms with van der Waals surface area (Å²) < 4.78 is 10.8. The van der Waals surface area contributed by atoms with Gasteiger partial charge in [-0.05, 0) is 46.0 Å². The summed E-state index contributed by atoms with van der Waals surface area (Å²) in [5.41, 5.74) is -0.0534. The molecule has 0 aliphatic heterocycles. The summed E-state index contributed by atoms with van der Waals surface area (Å²) in [4.78, 5) is 16.2. The quantitative estimate of drug-likeness (QED) is 0.273. The third-order valence-corrected chi connectivity index (χ3v) is 6.50. The standard InChI is InChI=1S/C19H35N3O3.HI/c1-7-25-16(23)13-8-10-14(11-9-13)21-17(20-5)22-15-12-19(4,24-6)18(15,2)3;/h13-15H,7-12H2,1-6H3,(H2,20,21,22);1H. The van der Waals surface area contributed by atoms with E-state index in [9.17, 15) is 4.79 Å². The Hall–Kier alpha value is -0.570. The first-order valence-electron chi connectivity index (χ1n) is 9.49. The zero-order valence-corrected chi connectivity index (χ0v) is 19.4. The molecule has 0 amide bonds. The number of guanidine groups is 1. The van der Waals surface area contributed by atoms with Crippen molar-refractivity contribution in [2.75, 3.05) is 20.8 Å². The van der Waals surface area contributed by atoms with E-state index in [0.717, 1.165) is 38.1 Å². The number of carbonyl (C=O) groups excluding carboxylic acids is 1. The third kappa shape index (κ3) is 4.82. The summed E-state index contributed by atoms with van der Waals surface area (Å²) in [6.07, 6.45) is 4.66. The first-order chi connectivity index (χ1) is 11.8. The van der Waals surface area contributed by atoms with Gasteiger partial charge in [0.05, 0.1) is 18.1 Å². The molecule has 0 aromatic rings. The molecule has 2 aliphatic rings. The summed E-state index contributed by atoms with van der Waals surface area (Å²) in [6.45, 7) is 8.95. The highest BCUT2D eigenvalue weighted by molar-refractivity contribution is 14.0. The molecule has 0 heterocycles. The minimum absolute atomic E-state index is 0. The lowest BCUT2D eigenvalue weighted by atomic mass is 9.56. The summed E-state index contributed by atoms with van der Waals surface area (Å²) in [5.74, 6) is 0.857. The van der Waals surface area contributed by atoms with Gasteiger partial charge in [-0.15, -0.1) is 24.0 Å². The van der Waals surface area contributed by atoms with E-state index in [0.29, 0.717) is 18.7 Å². The van der Waals surface area contributed by atoms with E-state index >= 15 is 0 Å². The van der Waals surface area contributed by atoms with Crippen LogP contribution in [-0.2, 0) is 14.3 Å². The van der Waals surface area contributed by atoms with Gasteiger partial charge in [-0.3, -0.25) is 9.79 Å². The molecular weight excluding hydrogens is 445 g/mol. The number of ether oxygens (including phenoxy) is 2. The van der Waals surface area contributed by atoms with Gasteiger partial charge < -0.3 is 20.1 Å². The first kappa shape index (κ1) is 23.5. The molecule has 2 aliphatic carbocycles. The normalized spacial score (nSPS) is 33.5. The number of methoxy groups -OCH3 is 1. The van der Waals surface area contributed by atoms with E-state index in [-0.39, 0.29) is 46.9 Å². The lowest BCUT2D eigenvalue weighted by Crippen LogP contribution is -2.69. The Labute approximate surface area is 175 Å². The molecule has 6 nitrogen and oxygen atoms in total. The second-order valence-corrected chi connectivity index (χ2v) is 8.07. The van der Waals surface area contributed by atoms with Crippen LogP contribution in [0, 0.1) is 11.3 Å². The van der Waals surface area contributed by atoms with Crippen molar-refractivity contribution in [3.05, 3.63) is 0 Å². The van der Waals surface area contributed by atoms with Crippen molar-refractivity contribution in [1.29, 1.82) is 0 Å². The van der Waals surface area contributed by atoms with Gasteiger partial charge in [0, 0.05) is 31.7 Å². The van der Waals surface area contributed by atoms with Gasteiger partial charge >= 0.3 is 5.97 Å². The monoisotopic (exact) mass is 481 g/mol. The molecule has 152 valence electrons. The van der Waals surface area contributed by atoms with Gasteiger partial charge in [0.15, 0.2) is 5.96 Å². The Balaban J connectivity index is 0.00000338. The van der Waals surface area contributed by atoms with Crippen LogP contribution in [0.15, 0.2) is 4.99 Å². The fraction of sp³-hybridized carbons (Fsp3) is 0.895. The molecular formula is C19H36IN3O3. The van der Waals surface area contributed by atoms with Gasteiger partial charge in [0.25, 0.3) is 0 Å². The van der Waals surface area contributed by atoms with Gasteiger partial charge in [0.2, 0.25) is 0 Å². The van der Waals surface area contributed by atoms with E-state index < -0.39 is 0 Å². The van der Waals surface area contributed by atoms with Crippen LogP contribution in [0.1, 0.15) is 59.8 Å². The highest BCUT2D eigenvalue weighted by Gasteiger charge is 2.58. The third-order valence-electron chi connectivity index (χ3n) is 6.50. The molecule has 2 rings (SSSR count). The molecule has 0 aromatic carbocycles.